The average molecular weight is 475 g/mol. The van der Waals surface area contributed by atoms with Gasteiger partial charge in [-0.2, -0.15) is 0 Å². The van der Waals surface area contributed by atoms with E-state index in [-0.39, 0.29) is 11.8 Å². The van der Waals surface area contributed by atoms with E-state index in [1.54, 1.807) is 58.4 Å². The summed E-state index contributed by atoms with van der Waals surface area (Å²) in [6.45, 7) is 0. The van der Waals surface area contributed by atoms with Crippen molar-refractivity contribution >= 4 is 33.9 Å². The molecule has 0 radical (unpaired) electrons. The van der Waals surface area contributed by atoms with Crippen LogP contribution in [0.2, 0.25) is 0 Å². The molecule has 8 heteroatoms. The van der Waals surface area contributed by atoms with E-state index >= 15 is 0 Å². The second kappa shape index (κ2) is 10.4. The molecule has 0 aliphatic carbocycles. The summed E-state index contributed by atoms with van der Waals surface area (Å²) in [6.07, 6.45) is 6.98. The zero-order chi connectivity index (χ0) is 24.7. The van der Waals surface area contributed by atoms with Crippen LogP contribution in [-0.2, 0) is 0 Å². The van der Waals surface area contributed by atoms with Gasteiger partial charge >= 0.3 is 0 Å². The van der Waals surface area contributed by atoms with Gasteiger partial charge in [0.15, 0.2) is 11.3 Å². The second-order valence-corrected chi connectivity index (χ2v) is 7.82. The molecule has 0 saturated carbocycles. The molecule has 4 aromatic heterocycles. The number of carbonyl (C=O) groups excluding carboxylic acids is 2. The third-order valence-electron chi connectivity index (χ3n) is 5.41. The van der Waals surface area contributed by atoms with Crippen molar-refractivity contribution < 1.29 is 9.59 Å². The van der Waals surface area contributed by atoms with Gasteiger partial charge in [-0.3, -0.25) is 20.4 Å². The Morgan fingerprint density at radius 1 is 0.528 bits per heavy atom. The highest BCUT2D eigenvalue weighted by Gasteiger charge is 2.08. The summed E-state index contributed by atoms with van der Waals surface area (Å²) >= 11 is 0. The van der Waals surface area contributed by atoms with Gasteiger partial charge in [0, 0.05) is 46.7 Å². The smallest absolute Gasteiger partial charge is 0.267 e. The summed E-state index contributed by atoms with van der Waals surface area (Å²) in [7, 11) is 0. The molecule has 0 atom stereocenters. The molecular formula is C28H22N6O2. The lowest BCUT2D eigenvalue weighted by atomic mass is 10.2. The number of benzene rings is 2. The molecule has 0 unspecified atom stereocenters. The number of nitrogens with zero attached hydrogens (tertiary/aromatic N) is 4. The van der Waals surface area contributed by atoms with Gasteiger partial charge in [0.2, 0.25) is 0 Å². The molecule has 6 rings (SSSR count). The number of nitrogens with one attached hydrogen (secondary N) is 2. The second-order valence-electron chi connectivity index (χ2n) is 7.82. The van der Waals surface area contributed by atoms with Crippen LogP contribution < -0.4 is 10.9 Å². The Kier molecular flexibility index (Phi) is 6.48. The van der Waals surface area contributed by atoms with Gasteiger partial charge in [0.1, 0.15) is 0 Å². The predicted molar refractivity (Wildman–Crippen MR) is 140 cm³/mol. The standard InChI is InChI=1S/2C14H11N3O/c2*18-14(12-5-2-1-3-6-12)16-17-10-8-11-7-4-9-15-13(11)17/h2*1-10H,(H,16,18). The number of rotatable bonds is 4. The third-order valence-corrected chi connectivity index (χ3v) is 5.41. The largest absolute Gasteiger partial charge is 0.270 e. The summed E-state index contributed by atoms with van der Waals surface area (Å²) in [5.41, 5.74) is 8.31. The van der Waals surface area contributed by atoms with Crippen molar-refractivity contribution in [3.63, 3.8) is 0 Å². The maximum absolute atomic E-state index is 12.0. The van der Waals surface area contributed by atoms with E-state index in [1.807, 2.05) is 72.8 Å². The SMILES string of the molecule is O=C(Nn1ccc2cccnc21)c1ccccc1.O=C(Nn1ccc2cccnc21)c1ccccc1. The molecular weight excluding hydrogens is 452 g/mol. The fourth-order valence-electron chi connectivity index (χ4n) is 3.64. The first-order chi connectivity index (χ1) is 17.7. The highest BCUT2D eigenvalue weighted by Crippen LogP contribution is 2.12. The molecule has 2 amide bonds. The maximum Gasteiger partial charge on any atom is 0.270 e. The summed E-state index contributed by atoms with van der Waals surface area (Å²) in [5.74, 6) is -0.308. The Hall–Kier alpha value is -5.24. The summed E-state index contributed by atoms with van der Waals surface area (Å²) in [6, 6.07) is 29.6. The van der Waals surface area contributed by atoms with E-state index in [0.717, 1.165) is 22.1 Å². The van der Waals surface area contributed by atoms with E-state index in [1.165, 1.54) is 0 Å². The Bertz CT molecular complexity index is 1500. The molecule has 0 spiro atoms. The third kappa shape index (κ3) is 4.97. The minimum absolute atomic E-state index is 0.154. The molecule has 2 aromatic carbocycles. The number of pyridine rings is 2. The zero-order valence-corrected chi connectivity index (χ0v) is 19.2. The number of hydrogen-bond acceptors (Lipinski definition) is 4. The minimum Gasteiger partial charge on any atom is -0.267 e. The van der Waals surface area contributed by atoms with Crippen molar-refractivity contribution in [2.75, 3.05) is 10.9 Å². The lowest BCUT2D eigenvalue weighted by molar-refractivity contribution is 0.100. The summed E-state index contributed by atoms with van der Waals surface area (Å²) in [5, 5.41) is 1.98. The van der Waals surface area contributed by atoms with Crippen molar-refractivity contribution in [3.05, 3.63) is 133 Å². The van der Waals surface area contributed by atoms with Crippen LogP contribution in [0, 0.1) is 0 Å². The van der Waals surface area contributed by atoms with Gasteiger partial charge in [-0.15, -0.1) is 0 Å². The number of fused-ring (bicyclic) bond motifs is 2. The number of hydrogen-bond donors (Lipinski definition) is 2. The van der Waals surface area contributed by atoms with Crippen molar-refractivity contribution in [2.24, 2.45) is 0 Å². The molecule has 0 fully saturated rings. The average Bonchev–Trinajstić information content (AvgIpc) is 3.54. The first kappa shape index (κ1) is 22.5. The molecule has 6 aromatic rings. The van der Waals surface area contributed by atoms with Crippen molar-refractivity contribution in [1.29, 1.82) is 0 Å². The van der Waals surface area contributed by atoms with Crippen LogP contribution in [0.15, 0.2) is 122 Å². The van der Waals surface area contributed by atoms with Gasteiger partial charge < -0.3 is 0 Å². The minimum atomic E-state index is -0.154. The Morgan fingerprint density at radius 2 is 0.944 bits per heavy atom. The van der Waals surface area contributed by atoms with Gasteiger partial charge in [0.05, 0.1) is 0 Å². The molecule has 0 aliphatic rings. The number of amides is 2. The lowest BCUT2D eigenvalue weighted by Crippen LogP contribution is -2.22. The highest BCUT2D eigenvalue weighted by atomic mass is 16.2. The predicted octanol–water partition coefficient (Wildman–Crippen LogP) is 4.84. The fourth-order valence-corrected chi connectivity index (χ4v) is 3.64. The van der Waals surface area contributed by atoms with Crippen molar-refractivity contribution in [1.82, 2.24) is 19.3 Å². The van der Waals surface area contributed by atoms with E-state index in [2.05, 4.69) is 20.8 Å². The first-order valence-electron chi connectivity index (χ1n) is 11.3. The number of aromatic nitrogens is 4. The zero-order valence-electron chi connectivity index (χ0n) is 19.2. The van der Waals surface area contributed by atoms with Crippen LogP contribution in [0.25, 0.3) is 22.1 Å². The Balaban J connectivity index is 0.000000148. The molecule has 36 heavy (non-hydrogen) atoms. The Morgan fingerprint density at radius 3 is 1.36 bits per heavy atom. The summed E-state index contributed by atoms with van der Waals surface area (Å²) in [4.78, 5) is 32.5. The van der Waals surface area contributed by atoms with Crippen LogP contribution in [0.1, 0.15) is 20.7 Å². The number of carbonyl (C=O) groups is 2. The van der Waals surface area contributed by atoms with Crippen LogP contribution in [0.5, 0.6) is 0 Å². The van der Waals surface area contributed by atoms with Crippen LogP contribution in [0.4, 0.5) is 0 Å². The Labute approximate surface area is 206 Å². The van der Waals surface area contributed by atoms with Crippen molar-refractivity contribution in [2.45, 2.75) is 0 Å². The van der Waals surface area contributed by atoms with Gasteiger partial charge in [-0.25, -0.2) is 19.3 Å². The normalized spacial score (nSPS) is 10.4. The summed E-state index contributed by atoms with van der Waals surface area (Å²) < 4.78 is 3.26. The van der Waals surface area contributed by atoms with Crippen molar-refractivity contribution in [3.8, 4) is 0 Å². The molecule has 0 bridgehead atoms. The first-order valence-corrected chi connectivity index (χ1v) is 11.3. The topological polar surface area (TPSA) is 93.8 Å². The van der Waals surface area contributed by atoms with E-state index in [9.17, 15) is 9.59 Å². The molecule has 176 valence electrons. The molecule has 0 aliphatic heterocycles. The highest BCUT2D eigenvalue weighted by molar-refractivity contribution is 6.01. The maximum atomic E-state index is 12.0. The van der Waals surface area contributed by atoms with Crippen LogP contribution in [-0.4, -0.2) is 31.1 Å². The van der Waals surface area contributed by atoms with Gasteiger partial charge in [-0.1, -0.05) is 36.4 Å². The molecule has 2 N–H and O–H groups in total. The van der Waals surface area contributed by atoms with E-state index < -0.39 is 0 Å². The monoisotopic (exact) mass is 474 g/mol. The quantitative estimate of drug-likeness (QED) is 0.382. The molecule has 4 heterocycles. The van der Waals surface area contributed by atoms with E-state index in [4.69, 9.17) is 0 Å². The van der Waals surface area contributed by atoms with Crippen LogP contribution in [0.3, 0.4) is 0 Å². The molecule has 0 saturated heterocycles. The van der Waals surface area contributed by atoms with E-state index in [0.29, 0.717) is 11.1 Å². The van der Waals surface area contributed by atoms with Gasteiger partial charge in [0.25, 0.3) is 11.8 Å². The molecule has 8 nitrogen and oxygen atoms in total. The van der Waals surface area contributed by atoms with Crippen LogP contribution >= 0.6 is 0 Å². The van der Waals surface area contributed by atoms with Gasteiger partial charge in [-0.05, 0) is 60.7 Å². The lowest BCUT2D eigenvalue weighted by Gasteiger charge is -2.06. The fraction of sp³-hybridized carbons (Fsp3) is 0.